The van der Waals surface area contributed by atoms with Crippen molar-refractivity contribution in [3.8, 4) is 0 Å². The third kappa shape index (κ3) is 8.22. The first-order chi connectivity index (χ1) is 10.3. The molecule has 1 rings (SSSR count). The molecule has 128 valence electrons. The molecule has 1 aliphatic heterocycles. The molecular weight excluding hydrogens is 278 g/mol. The molecule has 1 amide bonds. The molecule has 1 aliphatic rings. The van der Waals surface area contributed by atoms with E-state index in [0.717, 1.165) is 45.4 Å². The molecule has 1 heterocycles. The lowest BCUT2D eigenvalue weighted by Crippen LogP contribution is -2.47. The van der Waals surface area contributed by atoms with Crippen molar-refractivity contribution in [1.82, 2.24) is 15.5 Å². The van der Waals surface area contributed by atoms with Gasteiger partial charge in [-0.25, -0.2) is 0 Å². The van der Waals surface area contributed by atoms with Gasteiger partial charge in [-0.1, -0.05) is 6.92 Å². The highest BCUT2D eigenvalue weighted by Crippen LogP contribution is 2.17. The largest absolute Gasteiger partial charge is 0.370 e. The summed E-state index contributed by atoms with van der Waals surface area (Å²) in [6.07, 6.45) is 3.20. The maximum Gasteiger partial charge on any atom is 0.234 e. The number of nitrogens with two attached hydrogens (primary N) is 1. The van der Waals surface area contributed by atoms with E-state index < -0.39 is 0 Å². The van der Waals surface area contributed by atoms with Gasteiger partial charge >= 0.3 is 0 Å². The number of amides is 1. The maximum absolute atomic E-state index is 11.9. The van der Waals surface area contributed by atoms with Crippen LogP contribution in [-0.4, -0.2) is 55.0 Å². The van der Waals surface area contributed by atoms with Gasteiger partial charge in [0.1, 0.15) is 0 Å². The fourth-order valence-electron chi connectivity index (χ4n) is 2.52. The number of aliphatic imine (C=N–C) groups is 1. The number of carbonyl (C=O) groups is 1. The van der Waals surface area contributed by atoms with E-state index in [1.54, 1.807) is 0 Å². The Hall–Kier alpha value is -1.30. The SMILES string of the molecule is CCCNC(N)=NCC1CCN(CC(=O)NC(C)(C)C)CC1. The summed E-state index contributed by atoms with van der Waals surface area (Å²) in [5, 5.41) is 6.10. The normalized spacial score (nSPS) is 18.3. The first-order valence-electron chi connectivity index (χ1n) is 8.37. The third-order valence-corrected chi connectivity index (χ3v) is 3.66. The summed E-state index contributed by atoms with van der Waals surface area (Å²) in [5.74, 6) is 1.23. The molecule has 6 heteroatoms. The highest BCUT2D eigenvalue weighted by atomic mass is 16.2. The first kappa shape index (κ1) is 18.7. The van der Waals surface area contributed by atoms with Gasteiger partial charge in [-0.15, -0.1) is 0 Å². The molecule has 0 aromatic heterocycles. The minimum atomic E-state index is -0.160. The van der Waals surface area contributed by atoms with E-state index in [1.807, 2.05) is 20.8 Å². The average molecular weight is 311 g/mol. The number of rotatable bonds is 6. The summed E-state index contributed by atoms with van der Waals surface area (Å²) in [6.45, 7) is 12.2. The molecule has 0 spiro atoms. The molecule has 0 unspecified atom stereocenters. The predicted octanol–water partition coefficient (Wildman–Crippen LogP) is 0.927. The van der Waals surface area contributed by atoms with Gasteiger partial charge in [-0.3, -0.25) is 14.7 Å². The average Bonchev–Trinajstić information content (AvgIpc) is 2.42. The summed E-state index contributed by atoms with van der Waals surface area (Å²) in [6, 6.07) is 0. The quantitative estimate of drug-likeness (QED) is 0.503. The van der Waals surface area contributed by atoms with Crippen LogP contribution in [-0.2, 0) is 4.79 Å². The molecule has 22 heavy (non-hydrogen) atoms. The Morgan fingerprint density at radius 1 is 1.32 bits per heavy atom. The molecule has 6 nitrogen and oxygen atoms in total. The van der Waals surface area contributed by atoms with Crippen molar-refractivity contribution >= 4 is 11.9 Å². The van der Waals surface area contributed by atoms with Gasteiger partial charge in [0.2, 0.25) is 5.91 Å². The number of carbonyl (C=O) groups excluding carboxylic acids is 1. The molecule has 0 atom stereocenters. The fourth-order valence-corrected chi connectivity index (χ4v) is 2.52. The molecule has 0 aromatic carbocycles. The monoisotopic (exact) mass is 311 g/mol. The molecule has 0 saturated carbocycles. The van der Waals surface area contributed by atoms with Gasteiger partial charge in [0.25, 0.3) is 0 Å². The van der Waals surface area contributed by atoms with Gasteiger partial charge in [0, 0.05) is 18.6 Å². The van der Waals surface area contributed by atoms with Gasteiger partial charge in [0.05, 0.1) is 6.54 Å². The minimum absolute atomic E-state index is 0.108. The molecule has 0 bridgehead atoms. The third-order valence-electron chi connectivity index (χ3n) is 3.66. The summed E-state index contributed by atoms with van der Waals surface area (Å²) in [7, 11) is 0. The second kappa shape index (κ2) is 8.98. The minimum Gasteiger partial charge on any atom is -0.370 e. The maximum atomic E-state index is 11.9. The molecule has 4 N–H and O–H groups in total. The van der Waals surface area contributed by atoms with Crippen LogP contribution in [0.25, 0.3) is 0 Å². The van der Waals surface area contributed by atoms with Crippen LogP contribution in [0.4, 0.5) is 0 Å². The van der Waals surface area contributed by atoms with Crippen molar-refractivity contribution < 1.29 is 4.79 Å². The van der Waals surface area contributed by atoms with E-state index in [-0.39, 0.29) is 11.4 Å². The smallest absolute Gasteiger partial charge is 0.234 e. The molecule has 1 fully saturated rings. The van der Waals surface area contributed by atoms with Crippen LogP contribution < -0.4 is 16.4 Å². The van der Waals surface area contributed by atoms with E-state index in [2.05, 4.69) is 27.4 Å². The van der Waals surface area contributed by atoms with E-state index in [1.165, 1.54) is 0 Å². The van der Waals surface area contributed by atoms with Gasteiger partial charge in [-0.2, -0.15) is 0 Å². The van der Waals surface area contributed by atoms with Crippen molar-refractivity contribution in [1.29, 1.82) is 0 Å². The van der Waals surface area contributed by atoms with E-state index >= 15 is 0 Å². The lowest BCUT2D eigenvalue weighted by molar-refractivity contribution is -0.124. The van der Waals surface area contributed by atoms with Gasteiger partial charge < -0.3 is 16.4 Å². The Morgan fingerprint density at radius 2 is 1.95 bits per heavy atom. The van der Waals surface area contributed by atoms with Gasteiger partial charge in [0.15, 0.2) is 5.96 Å². The zero-order chi connectivity index (χ0) is 16.6. The molecule has 0 radical (unpaired) electrons. The van der Waals surface area contributed by atoms with Crippen molar-refractivity contribution in [2.24, 2.45) is 16.6 Å². The summed E-state index contributed by atoms with van der Waals surface area (Å²) in [5.41, 5.74) is 5.64. The van der Waals surface area contributed by atoms with E-state index in [4.69, 9.17) is 5.73 Å². The van der Waals surface area contributed by atoms with Crippen LogP contribution >= 0.6 is 0 Å². The second-order valence-electron chi connectivity index (χ2n) is 7.17. The fraction of sp³-hybridized carbons (Fsp3) is 0.875. The van der Waals surface area contributed by atoms with Crippen molar-refractivity contribution in [2.45, 2.75) is 52.5 Å². The number of hydrogen-bond acceptors (Lipinski definition) is 3. The lowest BCUT2D eigenvalue weighted by Gasteiger charge is -2.31. The highest BCUT2D eigenvalue weighted by molar-refractivity contribution is 5.78. The Labute approximate surface area is 134 Å². The first-order valence-corrected chi connectivity index (χ1v) is 8.37. The molecule has 0 aromatic rings. The highest BCUT2D eigenvalue weighted by Gasteiger charge is 2.22. The number of guanidine groups is 1. The number of nitrogens with one attached hydrogen (secondary N) is 2. The lowest BCUT2D eigenvalue weighted by atomic mass is 9.97. The van der Waals surface area contributed by atoms with E-state index in [0.29, 0.717) is 18.4 Å². The standard InChI is InChI=1S/C16H33N5O/c1-5-8-18-15(17)19-11-13-6-9-21(10-7-13)12-14(22)20-16(2,3)4/h13H,5-12H2,1-4H3,(H,20,22)(H3,17,18,19). The Kier molecular flexibility index (Phi) is 7.65. The van der Waals surface area contributed by atoms with Crippen LogP contribution in [0.5, 0.6) is 0 Å². The van der Waals surface area contributed by atoms with E-state index in [9.17, 15) is 4.79 Å². The molecule has 0 aliphatic carbocycles. The zero-order valence-corrected chi connectivity index (χ0v) is 14.6. The molecule has 1 saturated heterocycles. The Balaban J connectivity index is 2.24. The number of nitrogens with zero attached hydrogens (tertiary/aromatic N) is 2. The van der Waals surface area contributed by atoms with Crippen molar-refractivity contribution in [3.05, 3.63) is 0 Å². The van der Waals surface area contributed by atoms with Crippen molar-refractivity contribution in [2.75, 3.05) is 32.7 Å². The topological polar surface area (TPSA) is 82.8 Å². The summed E-state index contributed by atoms with van der Waals surface area (Å²) < 4.78 is 0. The Bertz CT molecular complexity index is 367. The molecular formula is C16H33N5O. The van der Waals surface area contributed by atoms with Gasteiger partial charge in [-0.05, 0) is 59.0 Å². The number of likely N-dealkylation sites (tertiary alicyclic amines) is 1. The summed E-state index contributed by atoms with van der Waals surface area (Å²) in [4.78, 5) is 18.6. The van der Waals surface area contributed by atoms with Crippen LogP contribution in [0.15, 0.2) is 4.99 Å². The van der Waals surface area contributed by atoms with Crippen LogP contribution in [0.2, 0.25) is 0 Å². The predicted molar refractivity (Wildman–Crippen MR) is 91.8 cm³/mol. The van der Waals surface area contributed by atoms with Crippen LogP contribution in [0, 0.1) is 5.92 Å². The van der Waals surface area contributed by atoms with Crippen LogP contribution in [0.3, 0.4) is 0 Å². The second-order valence-corrected chi connectivity index (χ2v) is 7.17. The Morgan fingerprint density at radius 3 is 2.50 bits per heavy atom. The zero-order valence-electron chi connectivity index (χ0n) is 14.6. The van der Waals surface area contributed by atoms with Crippen LogP contribution in [0.1, 0.15) is 47.0 Å². The van der Waals surface area contributed by atoms with Crippen molar-refractivity contribution in [3.63, 3.8) is 0 Å². The number of hydrogen-bond donors (Lipinski definition) is 3. The number of piperidine rings is 1. The summed E-state index contributed by atoms with van der Waals surface area (Å²) >= 11 is 0.